The van der Waals surface area contributed by atoms with E-state index in [1.54, 1.807) is 12.1 Å². The molecular weight excluding hydrogens is 250 g/mol. The average Bonchev–Trinajstić information content (AvgIpc) is 2.36. The van der Waals surface area contributed by atoms with Crippen molar-refractivity contribution in [2.24, 2.45) is 0 Å². The number of pyridine rings is 1. The van der Waals surface area contributed by atoms with E-state index >= 15 is 0 Å². The molecule has 0 amide bonds. The molecule has 2 N–H and O–H groups in total. The Morgan fingerprint density at radius 3 is 2.89 bits per heavy atom. The minimum Gasteiger partial charge on any atom is -0.435 e. The molecule has 1 aromatic heterocycles. The first-order chi connectivity index (χ1) is 8.61. The Labute approximate surface area is 110 Å². The maximum absolute atomic E-state index is 8.87. The second-order valence-corrected chi connectivity index (χ2v) is 4.13. The Hall–Kier alpha value is -2.25. The van der Waals surface area contributed by atoms with Gasteiger partial charge in [0.2, 0.25) is 5.88 Å². The summed E-state index contributed by atoms with van der Waals surface area (Å²) in [6.07, 6.45) is 1.47. The number of nitrogens with two attached hydrogens (primary N) is 1. The average molecular weight is 260 g/mol. The van der Waals surface area contributed by atoms with Gasteiger partial charge >= 0.3 is 0 Å². The van der Waals surface area contributed by atoms with E-state index in [-0.39, 0.29) is 11.6 Å². The van der Waals surface area contributed by atoms with Crippen molar-refractivity contribution in [3.8, 4) is 17.7 Å². The lowest BCUT2D eigenvalue weighted by atomic mass is 10.2. The van der Waals surface area contributed by atoms with E-state index < -0.39 is 0 Å². The second-order valence-electron chi connectivity index (χ2n) is 3.73. The fraction of sp³-hybridized carbons (Fsp3) is 0.0769. The quantitative estimate of drug-likeness (QED) is 0.898. The molecule has 0 aliphatic heterocycles. The first-order valence-electron chi connectivity index (χ1n) is 5.20. The zero-order chi connectivity index (χ0) is 13.1. The van der Waals surface area contributed by atoms with Crippen LogP contribution in [-0.4, -0.2) is 4.98 Å². The summed E-state index contributed by atoms with van der Waals surface area (Å²) in [6, 6.07) is 8.88. The van der Waals surface area contributed by atoms with Gasteiger partial charge in [0.25, 0.3) is 0 Å². The molecule has 0 bridgehead atoms. The molecule has 0 unspecified atom stereocenters. The van der Waals surface area contributed by atoms with Crippen molar-refractivity contribution in [3.05, 3.63) is 46.6 Å². The molecule has 4 nitrogen and oxygen atoms in total. The van der Waals surface area contributed by atoms with Crippen molar-refractivity contribution in [2.45, 2.75) is 6.92 Å². The number of aryl methyl sites for hydroxylation is 1. The Kier molecular flexibility index (Phi) is 3.35. The van der Waals surface area contributed by atoms with Crippen LogP contribution in [-0.2, 0) is 0 Å². The van der Waals surface area contributed by atoms with Crippen LogP contribution >= 0.6 is 11.6 Å². The Balaban J connectivity index is 2.41. The topological polar surface area (TPSA) is 71.9 Å². The molecule has 0 spiro atoms. The van der Waals surface area contributed by atoms with Gasteiger partial charge in [0.15, 0.2) is 0 Å². The lowest BCUT2D eigenvalue weighted by molar-refractivity contribution is 0.465. The van der Waals surface area contributed by atoms with Gasteiger partial charge in [-0.15, -0.1) is 0 Å². The first-order valence-corrected chi connectivity index (χ1v) is 5.58. The number of hydrogen-bond acceptors (Lipinski definition) is 4. The number of ether oxygens (including phenoxy) is 1. The van der Waals surface area contributed by atoms with Gasteiger partial charge in [0.1, 0.15) is 17.5 Å². The van der Waals surface area contributed by atoms with Gasteiger partial charge < -0.3 is 10.5 Å². The monoisotopic (exact) mass is 259 g/mol. The van der Waals surface area contributed by atoms with Crippen molar-refractivity contribution in [2.75, 3.05) is 5.73 Å². The zero-order valence-electron chi connectivity index (χ0n) is 9.64. The highest BCUT2D eigenvalue weighted by atomic mass is 35.5. The third-order valence-electron chi connectivity index (χ3n) is 2.37. The number of hydrogen-bond donors (Lipinski definition) is 1. The van der Waals surface area contributed by atoms with Crippen LogP contribution < -0.4 is 10.5 Å². The van der Waals surface area contributed by atoms with Crippen LogP contribution in [0.25, 0.3) is 0 Å². The van der Waals surface area contributed by atoms with Crippen molar-refractivity contribution < 1.29 is 4.74 Å². The summed E-state index contributed by atoms with van der Waals surface area (Å²) < 4.78 is 5.54. The minimum absolute atomic E-state index is 0.182. The van der Waals surface area contributed by atoms with Crippen LogP contribution in [0.3, 0.4) is 0 Å². The molecule has 0 saturated heterocycles. The third kappa shape index (κ3) is 2.36. The standard InChI is InChI=1S/C13H10ClN3O/c1-8-2-3-10(14)11(6-8)18-13-12(16)9(7-15)4-5-17-13/h2-6H,16H2,1H3. The Morgan fingerprint density at radius 1 is 1.39 bits per heavy atom. The van der Waals surface area contributed by atoms with Gasteiger partial charge in [-0.2, -0.15) is 5.26 Å². The summed E-state index contributed by atoms with van der Waals surface area (Å²) in [6.45, 7) is 1.92. The second kappa shape index (κ2) is 4.94. The number of halogens is 1. The number of anilines is 1. The minimum atomic E-state index is 0.182. The fourth-order valence-electron chi connectivity index (χ4n) is 1.43. The number of nitriles is 1. The SMILES string of the molecule is Cc1ccc(Cl)c(Oc2nccc(C#N)c2N)c1. The molecule has 0 fully saturated rings. The molecule has 90 valence electrons. The van der Waals surface area contributed by atoms with E-state index in [9.17, 15) is 0 Å². The van der Waals surface area contributed by atoms with E-state index in [2.05, 4.69) is 4.98 Å². The van der Waals surface area contributed by atoms with Gasteiger partial charge in [0, 0.05) is 6.20 Å². The maximum atomic E-state index is 8.87. The number of nitrogens with zero attached hydrogens (tertiary/aromatic N) is 2. The zero-order valence-corrected chi connectivity index (χ0v) is 10.4. The van der Waals surface area contributed by atoms with Crippen LogP contribution in [0.15, 0.2) is 30.5 Å². The van der Waals surface area contributed by atoms with Gasteiger partial charge in [-0.05, 0) is 30.7 Å². The molecule has 1 aromatic carbocycles. The third-order valence-corrected chi connectivity index (χ3v) is 2.68. The van der Waals surface area contributed by atoms with E-state index in [0.29, 0.717) is 16.3 Å². The summed E-state index contributed by atoms with van der Waals surface area (Å²) in [7, 11) is 0. The molecule has 0 atom stereocenters. The summed E-state index contributed by atoms with van der Waals surface area (Å²) in [5.74, 6) is 0.646. The Morgan fingerprint density at radius 2 is 2.17 bits per heavy atom. The number of rotatable bonds is 2. The van der Waals surface area contributed by atoms with Crippen LogP contribution in [0.5, 0.6) is 11.6 Å². The fourth-order valence-corrected chi connectivity index (χ4v) is 1.58. The number of nitrogen functional groups attached to an aromatic ring is 1. The highest BCUT2D eigenvalue weighted by Gasteiger charge is 2.10. The van der Waals surface area contributed by atoms with Crippen LogP contribution in [0.2, 0.25) is 5.02 Å². The van der Waals surface area contributed by atoms with Crippen molar-refractivity contribution in [3.63, 3.8) is 0 Å². The smallest absolute Gasteiger partial charge is 0.244 e. The van der Waals surface area contributed by atoms with Crippen LogP contribution in [0.1, 0.15) is 11.1 Å². The number of aromatic nitrogens is 1. The van der Waals surface area contributed by atoms with E-state index in [1.165, 1.54) is 12.3 Å². The predicted octanol–water partition coefficient (Wildman–Crippen LogP) is 3.29. The lowest BCUT2D eigenvalue weighted by Crippen LogP contribution is -1.98. The van der Waals surface area contributed by atoms with Crippen molar-refractivity contribution in [1.82, 2.24) is 4.98 Å². The number of benzene rings is 1. The lowest BCUT2D eigenvalue weighted by Gasteiger charge is -2.09. The van der Waals surface area contributed by atoms with Gasteiger partial charge in [0.05, 0.1) is 10.6 Å². The first kappa shape index (κ1) is 12.2. The van der Waals surface area contributed by atoms with Crippen LogP contribution in [0, 0.1) is 18.3 Å². The molecule has 0 saturated carbocycles. The summed E-state index contributed by atoms with van der Waals surface area (Å²) in [4.78, 5) is 4.00. The molecule has 0 radical (unpaired) electrons. The molecule has 2 aromatic rings. The summed E-state index contributed by atoms with van der Waals surface area (Å²) >= 11 is 6.01. The predicted molar refractivity (Wildman–Crippen MR) is 69.6 cm³/mol. The van der Waals surface area contributed by atoms with E-state index in [1.807, 2.05) is 19.1 Å². The van der Waals surface area contributed by atoms with Gasteiger partial charge in [-0.1, -0.05) is 17.7 Å². The maximum Gasteiger partial charge on any atom is 0.244 e. The van der Waals surface area contributed by atoms with Gasteiger partial charge in [-0.25, -0.2) is 4.98 Å². The summed E-state index contributed by atoms with van der Waals surface area (Å²) in [5, 5.41) is 9.33. The molecule has 1 heterocycles. The Bertz CT molecular complexity index is 635. The molecule has 0 aliphatic carbocycles. The highest BCUT2D eigenvalue weighted by molar-refractivity contribution is 6.32. The largest absolute Gasteiger partial charge is 0.435 e. The molecule has 5 heteroatoms. The molecule has 2 rings (SSSR count). The summed E-state index contributed by atoms with van der Waals surface area (Å²) in [5.41, 5.74) is 7.31. The van der Waals surface area contributed by atoms with Crippen LogP contribution in [0.4, 0.5) is 5.69 Å². The molecule has 0 aliphatic rings. The normalized spacial score (nSPS) is 9.83. The highest BCUT2D eigenvalue weighted by Crippen LogP contribution is 2.32. The van der Waals surface area contributed by atoms with Gasteiger partial charge in [-0.3, -0.25) is 0 Å². The van der Waals surface area contributed by atoms with Crippen molar-refractivity contribution >= 4 is 17.3 Å². The van der Waals surface area contributed by atoms with E-state index in [0.717, 1.165) is 5.56 Å². The van der Waals surface area contributed by atoms with Crippen molar-refractivity contribution in [1.29, 1.82) is 5.26 Å². The molecular formula is C13H10ClN3O. The molecule has 18 heavy (non-hydrogen) atoms. The van der Waals surface area contributed by atoms with E-state index in [4.69, 9.17) is 27.3 Å².